The molecule has 0 radical (unpaired) electrons. The SMILES string of the molecule is CC#CC(=O)NCCCOC. The van der Waals surface area contributed by atoms with Crippen molar-refractivity contribution in [2.75, 3.05) is 20.3 Å². The van der Waals surface area contributed by atoms with Crippen LogP contribution in [0.15, 0.2) is 0 Å². The van der Waals surface area contributed by atoms with Gasteiger partial charge in [-0.3, -0.25) is 4.79 Å². The Bertz CT molecular complexity index is 167. The maximum atomic E-state index is 10.7. The van der Waals surface area contributed by atoms with Crippen molar-refractivity contribution in [2.45, 2.75) is 13.3 Å². The lowest BCUT2D eigenvalue weighted by Gasteiger charge is -1.98. The number of ether oxygens (including phenoxy) is 1. The quantitative estimate of drug-likeness (QED) is 0.464. The van der Waals surface area contributed by atoms with Crippen LogP contribution in [0, 0.1) is 11.8 Å². The van der Waals surface area contributed by atoms with Crippen LogP contribution >= 0.6 is 0 Å². The highest BCUT2D eigenvalue weighted by Crippen LogP contribution is 1.76. The first-order valence-electron chi connectivity index (χ1n) is 3.50. The fraction of sp³-hybridized carbons (Fsp3) is 0.625. The molecule has 0 unspecified atom stereocenters. The zero-order chi connectivity index (χ0) is 8.53. The Kier molecular flexibility index (Phi) is 6.45. The van der Waals surface area contributed by atoms with Gasteiger partial charge >= 0.3 is 0 Å². The van der Waals surface area contributed by atoms with Crippen LogP contribution in [0.2, 0.25) is 0 Å². The lowest BCUT2D eigenvalue weighted by atomic mass is 10.4. The second-order valence-electron chi connectivity index (χ2n) is 1.98. The molecule has 0 spiro atoms. The van der Waals surface area contributed by atoms with Crippen molar-refractivity contribution in [3.63, 3.8) is 0 Å². The van der Waals surface area contributed by atoms with Crippen LogP contribution in [-0.4, -0.2) is 26.2 Å². The van der Waals surface area contributed by atoms with Crippen LogP contribution in [0.25, 0.3) is 0 Å². The molecule has 11 heavy (non-hydrogen) atoms. The third-order valence-electron chi connectivity index (χ3n) is 1.05. The second-order valence-corrected chi connectivity index (χ2v) is 1.98. The molecule has 3 nitrogen and oxygen atoms in total. The van der Waals surface area contributed by atoms with Crippen LogP contribution in [0.3, 0.4) is 0 Å². The zero-order valence-corrected chi connectivity index (χ0v) is 6.94. The molecule has 0 bridgehead atoms. The number of amides is 1. The Balaban J connectivity index is 3.22. The van der Waals surface area contributed by atoms with Crippen molar-refractivity contribution in [3.05, 3.63) is 0 Å². The monoisotopic (exact) mass is 155 g/mol. The van der Waals surface area contributed by atoms with E-state index in [0.29, 0.717) is 13.2 Å². The predicted octanol–water partition coefficient (Wildman–Crippen LogP) is 0.162. The van der Waals surface area contributed by atoms with Gasteiger partial charge in [-0.25, -0.2) is 0 Å². The van der Waals surface area contributed by atoms with Gasteiger partial charge in [0.1, 0.15) is 0 Å². The number of carbonyl (C=O) groups excluding carboxylic acids is 1. The van der Waals surface area contributed by atoms with E-state index in [0.717, 1.165) is 6.42 Å². The molecule has 0 aliphatic rings. The molecule has 0 aliphatic carbocycles. The van der Waals surface area contributed by atoms with Gasteiger partial charge in [0.25, 0.3) is 5.91 Å². The number of hydrogen-bond donors (Lipinski definition) is 1. The van der Waals surface area contributed by atoms with Gasteiger partial charge in [-0.2, -0.15) is 0 Å². The molecule has 1 N–H and O–H groups in total. The molecule has 0 fully saturated rings. The first-order chi connectivity index (χ1) is 5.31. The minimum Gasteiger partial charge on any atom is -0.385 e. The Morgan fingerprint density at radius 1 is 1.64 bits per heavy atom. The standard InChI is InChI=1S/C8H13NO2/c1-3-5-8(10)9-6-4-7-11-2/h4,6-7H2,1-2H3,(H,9,10). The highest BCUT2D eigenvalue weighted by Gasteiger charge is 1.91. The maximum Gasteiger partial charge on any atom is 0.295 e. The van der Waals surface area contributed by atoms with Crippen LogP contribution in [0.4, 0.5) is 0 Å². The van der Waals surface area contributed by atoms with Gasteiger partial charge < -0.3 is 10.1 Å². The summed E-state index contributed by atoms with van der Waals surface area (Å²) in [4.78, 5) is 10.7. The summed E-state index contributed by atoms with van der Waals surface area (Å²) < 4.78 is 4.80. The second kappa shape index (κ2) is 7.10. The molecule has 0 saturated heterocycles. The van der Waals surface area contributed by atoms with Crippen molar-refractivity contribution >= 4 is 5.91 Å². The molecule has 0 rings (SSSR count). The number of rotatable bonds is 4. The van der Waals surface area contributed by atoms with Gasteiger partial charge in [0.05, 0.1) is 0 Å². The first kappa shape index (κ1) is 9.99. The minimum absolute atomic E-state index is 0.219. The number of hydrogen-bond acceptors (Lipinski definition) is 2. The van der Waals surface area contributed by atoms with Crippen LogP contribution < -0.4 is 5.32 Å². The van der Waals surface area contributed by atoms with E-state index in [1.807, 2.05) is 0 Å². The number of carbonyl (C=O) groups is 1. The van der Waals surface area contributed by atoms with Crippen molar-refractivity contribution < 1.29 is 9.53 Å². The van der Waals surface area contributed by atoms with E-state index in [-0.39, 0.29) is 5.91 Å². The predicted molar refractivity (Wildman–Crippen MR) is 43.0 cm³/mol. The lowest BCUT2D eigenvalue weighted by Crippen LogP contribution is -2.23. The zero-order valence-electron chi connectivity index (χ0n) is 6.94. The molecular weight excluding hydrogens is 142 g/mol. The molecule has 62 valence electrons. The van der Waals surface area contributed by atoms with E-state index in [1.54, 1.807) is 14.0 Å². The summed E-state index contributed by atoms with van der Waals surface area (Å²) in [6, 6.07) is 0. The topological polar surface area (TPSA) is 38.3 Å². The molecule has 0 aromatic rings. The van der Waals surface area contributed by atoms with Crippen LogP contribution in [0.5, 0.6) is 0 Å². The van der Waals surface area contributed by atoms with E-state index in [9.17, 15) is 4.79 Å². The number of nitrogens with one attached hydrogen (secondary N) is 1. The summed E-state index contributed by atoms with van der Waals surface area (Å²) in [5.74, 6) is 4.68. The normalized spacial score (nSPS) is 8.18. The molecule has 0 atom stereocenters. The summed E-state index contributed by atoms with van der Waals surface area (Å²) in [6.07, 6.45) is 0.827. The van der Waals surface area contributed by atoms with E-state index in [1.165, 1.54) is 0 Å². The molecule has 0 aromatic carbocycles. The van der Waals surface area contributed by atoms with Gasteiger partial charge in [-0.1, -0.05) is 5.92 Å². The van der Waals surface area contributed by atoms with Gasteiger partial charge in [0.2, 0.25) is 0 Å². The first-order valence-corrected chi connectivity index (χ1v) is 3.50. The van der Waals surface area contributed by atoms with E-state index in [4.69, 9.17) is 4.74 Å². The Hall–Kier alpha value is -1.01. The Labute approximate surface area is 67.1 Å². The molecular formula is C8H13NO2. The van der Waals surface area contributed by atoms with Gasteiger partial charge in [0.15, 0.2) is 0 Å². The fourth-order valence-corrected chi connectivity index (χ4v) is 0.576. The average Bonchev–Trinajstić information content (AvgIpc) is 1.99. The van der Waals surface area contributed by atoms with Crippen molar-refractivity contribution in [1.82, 2.24) is 5.32 Å². The van der Waals surface area contributed by atoms with Crippen molar-refractivity contribution in [1.29, 1.82) is 0 Å². The summed E-state index contributed by atoms with van der Waals surface area (Å²) in [5, 5.41) is 2.63. The Morgan fingerprint density at radius 3 is 2.91 bits per heavy atom. The van der Waals surface area contributed by atoms with Gasteiger partial charge in [-0.05, 0) is 19.3 Å². The van der Waals surface area contributed by atoms with Crippen molar-refractivity contribution in [2.24, 2.45) is 0 Å². The minimum atomic E-state index is -0.219. The Morgan fingerprint density at radius 2 is 2.36 bits per heavy atom. The molecule has 3 heteroatoms. The van der Waals surface area contributed by atoms with Gasteiger partial charge in [0, 0.05) is 20.3 Å². The molecule has 1 amide bonds. The molecule has 0 saturated carbocycles. The van der Waals surface area contributed by atoms with Crippen molar-refractivity contribution in [3.8, 4) is 11.8 Å². The average molecular weight is 155 g/mol. The summed E-state index contributed by atoms with van der Waals surface area (Å²) in [5.41, 5.74) is 0. The summed E-state index contributed by atoms with van der Waals surface area (Å²) in [6.45, 7) is 2.93. The van der Waals surface area contributed by atoms with E-state index < -0.39 is 0 Å². The number of methoxy groups -OCH3 is 1. The van der Waals surface area contributed by atoms with Crippen LogP contribution in [0.1, 0.15) is 13.3 Å². The fourth-order valence-electron chi connectivity index (χ4n) is 0.576. The van der Waals surface area contributed by atoms with E-state index >= 15 is 0 Å². The molecule has 0 aliphatic heterocycles. The third-order valence-corrected chi connectivity index (χ3v) is 1.05. The van der Waals surface area contributed by atoms with Crippen LogP contribution in [-0.2, 0) is 9.53 Å². The smallest absolute Gasteiger partial charge is 0.295 e. The van der Waals surface area contributed by atoms with E-state index in [2.05, 4.69) is 17.2 Å². The third kappa shape index (κ3) is 6.88. The molecule has 0 aromatic heterocycles. The molecule has 0 heterocycles. The van der Waals surface area contributed by atoms with Gasteiger partial charge in [-0.15, -0.1) is 0 Å². The largest absolute Gasteiger partial charge is 0.385 e. The summed E-state index contributed by atoms with van der Waals surface area (Å²) in [7, 11) is 1.63. The summed E-state index contributed by atoms with van der Waals surface area (Å²) >= 11 is 0. The highest BCUT2D eigenvalue weighted by atomic mass is 16.5. The maximum absolute atomic E-state index is 10.7. The lowest BCUT2D eigenvalue weighted by molar-refractivity contribution is -0.115. The highest BCUT2D eigenvalue weighted by molar-refractivity contribution is 5.93.